The zero-order valence-electron chi connectivity index (χ0n) is 11.8. The van der Waals surface area contributed by atoms with Gasteiger partial charge < -0.3 is 9.73 Å². The van der Waals surface area contributed by atoms with Crippen LogP contribution >= 0.6 is 11.3 Å². The quantitative estimate of drug-likeness (QED) is 0.794. The van der Waals surface area contributed by atoms with Crippen molar-refractivity contribution in [2.75, 3.05) is 0 Å². The highest BCUT2D eigenvalue weighted by Crippen LogP contribution is 2.30. The monoisotopic (exact) mass is 287 g/mol. The van der Waals surface area contributed by atoms with Gasteiger partial charge in [0, 0.05) is 18.0 Å². The predicted octanol–water partition coefficient (Wildman–Crippen LogP) is 3.76. The third-order valence-electron chi connectivity index (χ3n) is 3.01. The van der Waals surface area contributed by atoms with E-state index >= 15 is 0 Å². The van der Waals surface area contributed by atoms with Crippen LogP contribution in [0.2, 0.25) is 0 Å². The molecule has 0 saturated carbocycles. The van der Waals surface area contributed by atoms with Crippen LogP contribution < -0.4 is 5.32 Å². The van der Waals surface area contributed by atoms with Crippen LogP contribution in [0.15, 0.2) is 28.7 Å². The summed E-state index contributed by atoms with van der Waals surface area (Å²) >= 11 is 1.57. The molecular weight excluding hydrogens is 270 g/mol. The molecule has 3 rings (SSSR count). The second-order valence-electron chi connectivity index (χ2n) is 5.19. The molecule has 1 N–H and O–H groups in total. The molecule has 0 radical (unpaired) electrons. The number of hydrogen-bond donors (Lipinski definition) is 1. The molecule has 3 aromatic rings. The van der Waals surface area contributed by atoms with Gasteiger partial charge in [0.1, 0.15) is 10.6 Å². The molecule has 0 atom stereocenters. The molecule has 20 heavy (non-hydrogen) atoms. The van der Waals surface area contributed by atoms with E-state index in [1.165, 1.54) is 5.56 Å². The second kappa shape index (κ2) is 5.34. The average Bonchev–Trinajstić information content (AvgIpc) is 3.01. The van der Waals surface area contributed by atoms with Gasteiger partial charge in [-0.1, -0.05) is 36.8 Å². The fourth-order valence-corrected chi connectivity index (χ4v) is 2.73. The zero-order valence-corrected chi connectivity index (χ0v) is 12.6. The minimum atomic E-state index is 0.441. The maximum Gasteiger partial charge on any atom is 0.183 e. The molecule has 0 aliphatic carbocycles. The van der Waals surface area contributed by atoms with E-state index < -0.39 is 0 Å². The van der Waals surface area contributed by atoms with Crippen molar-refractivity contribution >= 4 is 22.3 Å². The van der Waals surface area contributed by atoms with Crippen molar-refractivity contribution in [1.29, 1.82) is 0 Å². The number of hydrogen-bond acceptors (Lipinski definition) is 5. The van der Waals surface area contributed by atoms with Gasteiger partial charge in [0.2, 0.25) is 0 Å². The Bertz CT molecular complexity index is 730. The van der Waals surface area contributed by atoms with Crippen molar-refractivity contribution in [2.24, 2.45) is 0 Å². The fraction of sp³-hybridized carbons (Fsp3) is 0.333. The fourth-order valence-electron chi connectivity index (χ4n) is 1.98. The Morgan fingerprint density at radius 3 is 2.90 bits per heavy atom. The van der Waals surface area contributed by atoms with Crippen LogP contribution in [-0.2, 0) is 6.54 Å². The molecule has 0 bridgehead atoms. The molecule has 2 aromatic heterocycles. The number of furan rings is 1. The van der Waals surface area contributed by atoms with Crippen LogP contribution in [0.3, 0.4) is 0 Å². The predicted molar refractivity (Wildman–Crippen MR) is 81.8 cm³/mol. The summed E-state index contributed by atoms with van der Waals surface area (Å²) in [5, 5.41) is 14.7. The smallest absolute Gasteiger partial charge is 0.183 e. The van der Waals surface area contributed by atoms with Crippen LogP contribution in [0.4, 0.5) is 0 Å². The van der Waals surface area contributed by atoms with Crippen molar-refractivity contribution in [3.63, 3.8) is 0 Å². The summed E-state index contributed by atoms with van der Waals surface area (Å²) in [5.74, 6) is 0.791. The van der Waals surface area contributed by atoms with E-state index in [0.717, 1.165) is 33.3 Å². The van der Waals surface area contributed by atoms with E-state index in [1.807, 2.05) is 18.2 Å². The summed E-state index contributed by atoms with van der Waals surface area (Å²) in [4.78, 5) is 0. The molecule has 104 valence electrons. The maximum absolute atomic E-state index is 5.84. The lowest BCUT2D eigenvalue weighted by molar-refractivity contribution is 0.584. The first-order chi connectivity index (χ1) is 9.61. The summed E-state index contributed by atoms with van der Waals surface area (Å²) in [6, 6.07) is 8.63. The van der Waals surface area contributed by atoms with E-state index in [2.05, 4.69) is 42.4 Å². The number of aryl methyl sites for hydroxylation is 1. The second-order valence-corrected chi connectivity index (χ2v) is 6.25. The summed E-state index contributed by atoms with van der Waals surface area (Å²) in [5.41, 5.74) is 2.12. The van der Waals surface area contributed by atoms with Crippen molar-refractivity contribution in [2.45, 2.75) is 33.4 Å². The highest BCUT2D eigenvalue weighted by Gasteiger charge is 2.12. The van der Waals surface area contributed by atoms with Crippen LogP contribution in [0.1, 0.15) is 24.4 Å². The van der Waals surface area contributed by atoms with Crippen LogP contribution in [0, 0.1) is 6.92 Å². The number of fused-ring (bicyclic) bond motifs is 1. The first-order valence-electron chi connectivity index (χ1n) is 6.68. The Labute approximate surface area is 121 Å². The number of benzene rings is 1. The molecule has 0 aliphatic heterocycles. The van der Waals surface area contributed by atoms with Gasteiger partial charge in [-0.25, -0.2) is 0 Å². The van der Waals surface area contributed by atoms with Gasteiger partial charge in [0.25, 0.3) is 0 Å². The lowest BCUT2D eigenvalue weighted by Crippen LogP contribution is -2.21. The van der Waals surface area contributed by atoms with Gasteiger partial charge in [-0.3, -0.25) is 0 Å². The van der Waals surface area contributed by atoms with Crippen LogP contribution in [-0.4, -0.2) is 16.2 Å². The third kappa shape index (κ3) is 2.73. The normalized spacial score (nSPS) is 11.6. The van der Waals surface area contributed by atoms with Gasteiger partial charge in [-0.05, 0) is 25.1 Å². The third-order valence-corrected chi connectivity index (χ3v) is 3.95. The molecule has 0 spiro atoms. The molecule has 5 heteroatoms. The first-order valence-corrected chi connectivity index (χ1v) is 7.50. The lowest BCUT2D eigenvalue weighted by atomic mass is 10.2. The van der Waals surface area contributed by atoms with Crippen LogP contribution in [0.25, 0.3) is 21.7 Å². The van der Waals surface area contributed by atoms with Crippen molar-refractivity contribution < 1.29 is 4.42 Å². The highest BCUT2D eigenvalue weighted by atomic mass is 32.1. The van der Waals surface area contributed by atoms with Gasteiger partial charge in [-0.15, -0.1) is 10.2 Å². The Kier molecular flexibility index (Phi) is 3.54. The Balaban J connectivity index is 1.87. The molecule has 4 nitrogen and oxygen atoms in total. The number of nitrogens with zero attached hydrogens (tertiary/aromatic N) is 2. The standard InChI is InChI=1S/C15H17N3OS/c1-9(2)16-8-14-17-18-15(20-14)13-7-11-6-10(3)4-5-12(11)19-13/h4-7,9,16H,8H2,1-3H3. The molecule has 0 unspecified atom stereocenters. The SMILES string of the molecule is Cc1ccc2oc(-c3nnc(CNC(C)C)s3)cc2c1. The topological polar surface area (TPSA) is 51.0 Å². The molecule has 0 aliphatic rings. The zero-order chi connectivity index (χ0) is 14.1. The number of nitrogens with one attached hydrogen (secondary N) is 1. The largest absolute Gasteiger partial charge is 0.453 e. The maximum atomic E-state index is 5.84. The van der Waals surface area contributed by atoms with E-state index in [1.54, 1.807) is 11.3 Å². The Hall–Kier alpha value is -1.72. The molecule has 0 saturated heterocycles. The summed E-state index contributed by atoms with van der Waals surface area (Å²) < 4.78 is 5.84. The summed E-state index contributed by atoms with van der Waals surface area (Å²) in [7, 11) is 0. The van der Waals surface area contributed by atoms with Gasteiger partial charge in [0.15, 0.2) is 10.8 Å². The van der Waals surface area contributed by atoms with Gasteiger partial charge in [-0.2, -0.15) is 0 Å². The van der Waals surface area contributed by atoms with Gasteiger partial charge >= 0.3 is 0 Å². The molecule has 0 fully saturated rings. The number of aromatic nitrogens is 2. The van der Waals surface area contributed by atoms with E-state index in [4.69, 9.17) is 4.42 Å². The van der Waals surface area contributed by atoms with Crippen LogP contribution in [0.5, 0.6) is 0 Å². The highest BCUT2D eigenvalue weighted by molar-refractivity contribution is 7.14. The van der Waals surface area contributed by atoms with E-state index in [9.17, 15) is 0 Å². The lowest BCUT2D eigenvalue weighted by Gasteiger charge is -2.03. The molecule has 0 amide bonds. The Morgan fingerprint density at radius 1 is 1.25 bits per heavy atom. The van der Waals surface area contributed by atoms with E-state index in [0.29, 0.717) is 6.04 Å². The summed E-state index contributed by atoms with van der Waals surface area (Å²) in [6.07, 6.45) is 0. The van der Waals surface area contributed by atoms with Crippen molar-refractivity contribution in [3.05, 3.63) is 34.8 Å². The molecule has 1 aromatic carbocycles. The average molecular weight is 287 g/mol. The van der Waals surface area contributed by atoms with E-state index in [-0.39, 0.29) is 0 Å². The van der Waals surface area contributed by atoms with Crippen molar-refractivity contribution in [3.8, 4) is 10.8 Å². The first kappa shape index (κ1) is 13.3. The minimum absolute atomic E-state index is 0.441. The van der Waals surface area contributed by atoms with Crippen molar-refractivity contribution in [1.82, 2.24) is 15.5 Å². The van der Waals surface area contributed by atoms with Gasteiger partial charge in [0.05, 0.1) is 0 Å². The molecule has 2 heterocycles. The minimum Gasteiger partial charge on any atom is -0.453 e. The Morgan fingerprint density at radius 2 is 2.10 bits per heavy atom. The summed E-state index contributed by atoms with van der Waals surface area (Å²) in [6.45, 7) is 7.05. The number of rotatable bonds is 4. The molecular formula is C15H17N3OS.